The Morgan fingerprint density at radius 3 is 2.38 bits per heavy atom. The van der Waals surface area contributed by atoms with Crippen LogP contribution in [0, 0.1) is 40.4 Å². The molecule has 0 saturated heterocycles. The maximum absolute atomic E-state index is 11.4. The van der Waals surface area contributed by atoms with E-state index in [1.165, 1.54) is 6.92 Å². The molecule has 4 fully saturated rings. The van der Waals surface area contributed by atoms with E-state index in [1.807, 2.05) is 0 Å². The lowest BCUT2D eigenvalue weighted by Gasteiger charge is -2.62. The lowest BCUT2D eigenvalue weighted by molar-refractivity contribution is -0.184. The molecule has 2 N–H and O–H groups in total. The molecule has 4 rings (SSSR count). The minimum atomic E-state index is -0.281. The maximum atomic E-state index is 11.4. The number of aliphatic hydroxyl groups is 2. The highest BCUT2D eigenvalue weighted by atomic mass is 16.5. The SMILES string of the molecule is CC(=O)O[C@H]1CC[C@]2(C)C3CC[C@@]4(C)C(C[C@H](C)[C@@H]4O)C3[C@@H](O)C[C@@H]2C1. The average molecular weight is 365 g/mol. The molecule has 4 aliphatic rings. The fraction of sp³-hybridized carbons (Fsp3) is 0.955. The van der Waals surface area contributed by atoms with E-state index in [2.05, 4.69) is 20.8 Å². The molecular formula is C22H36O4. The van der Waals surface area contributed by atoms with Crippen LogP contribution in [0.1, 0.15) is 72.6 Å². The summed E-state index contributed by atoms with van der Waals surface area (Å²) >= 11 is 0. The summed E-state index contributed by atoms with van der Waals surface area (Å²) in [6.45, 7) is 8.37. The minimum absolute atomic E-state index is 0.0245. The summed E-state index contributed by atoms with van der Waals surface area (Å²) in [6.07, 6.45) is 6.52. The van der Waals surface area contributed by atoms with Crippen LogP contribution >= 0.6 is 0 Å². The van der Waals surface area contributed by atoms with E-state index in [0.717, 1.165) is 44.9 Å². The molecule has 4 nitrogen and oxygen atoms in total. The van der Waals surface area contributed by atoms with Crippen molar-refractivity contribution in [2.75, 3.05) is 0 Å². The molecule has 0 bridgehead atoms. The number of carbonyl (C=O) groups is 1. The molecule has 0 aromatic rings. The first kappa shape index (κ1) is 18.7. The third-order valence-electron chi connectivity index (χ3n) is 9.25. The highest BCUT2D eigenvalue weighted by molar-refractivity contribution is 5.66. The Kier molecular flexibility index (Phi) is 4.47. The number of carbonyl (C=O) groups excluding carboxylic acids is 1. The van der Waals surface area contributed by atoms with Gasteiger partial charge in [-0.15, -0.1) is 0 Å². The quantitative estimate of drug-likeness (QED) is 0.699. The second kappa shape index (κ2) is 6.20. The van der Waals surface area contributed by atoms with E-state index in [4.69, 9.17) is 4.74 Å². The van der Waals surface area contributed by atoms with Crippen LogP contribution in [0.3, 0.4) is 0 Å². The fourth-order valence-corrected chi connectivity index (χ4v) is 7.87. The molecule has 0 heterocycles. The Morgan fingerprint density at radius 1 is 1.00 bits per heavy atom. The van der Waals surface area contributed by atoms with Crippen LogP contribution in [0.4, 0.5) is 0 Å². The normalized spacial score (nSPS) is 56.2. The monoisotopic (exact) mass is 364 g/mol. The van der Waals surface area contributed by atoms with E-state index in [9.17, 15) is 15.0 Å². The van der Waals surface area contributed by atoms with Crippen molar-refractivity contribution in [2.24, 2.45) is 40.4 Å². The number of esters is 1. The molecule has 148 valence electrons. The van der Waals surface area contributed by atoms with Gasteiger partial charge < -0.3 is 14.9 Å². The maximum Gasteiger partial charge on any atom is 0.302 e. The second-order valence-corrected chi connectivity index (χ2v) is 10.5. The zero-order valence-corrected chi connectivity index (χ0v) is 16.8. The average Bonchev–Trinajstić information content (AvgIpc) is 2.79. The summed E-state index contributed by atoms with van der Waals surface area (Å²) in [5, 5.41) is 22.0. The summed E-state index contributed by atoms with van der Waals surface area (Å²) in [6, 6.07) is 0. The molecule has 0 amide bonds. The van der Waals surface area contributed by atoms with Crippen molar-refractivity contribution < 1.29 is 19.7 Å². The first-order valence-corrected chi connectivity index (χ1v) is 10.7. The first-order chi connectivity index (χ1) is 12.2. The predicted molar refractivity (Wildman–Crippen MR) is 99.2 cm³/mol. The van der Waals surface area contributed by atoms with Crippen LogP contribution in [-0.4, -0.2) is 34.5 Å². The summed E-state index contributed by atoms with van der Waals surface area (Å²) in [5.41, 5.74) is 0.207. The number of hydrogen-bond donors (Lipinski definition) is 2. The number of fused-ring (bicyclic) bond motifs is 5. The highest BCUT2D eigenvalue weighted by Gasteiger charge is 2.63. The zero-order chi connectivity index (χ0) is 18.9. The third-order valence-corrected chi connectivity index (χ3v) is 9.25. The summed E-state index contributed by atoms with van der Waals surface area (Å²) in [5.74, 6) is 1.87. The van der Waals surface area contributed by atoms with E-state index < -0.39 is 0 Å². The van der Waals surface area contributed by atoms with Gasteiger partial charge in [-0.05, 0) is 85.4 Å². The number of aliphatic hydroxyl groups excluding tert-OH is 2. The predicted octanol–water partition coefficient (Wildman–Crippen LogP) is 3.54. The molecular weight excluding hydrogens is 328 g/mol. The Hall–Kier alpha value is -0.610. The molecule has 0 spiro atoms. The molecule has 3 unspecified atom stereocenters. The van der Waals surface area contributed by atoms with Crippen LogP contribution in [0.25, 0.3) is 0 Å². The van der Waals surface area contributed by atoms with Crippen molar-refractivity contribution in [1.29, 1.82) is 0 Å². The van der Waals surface area contributed by atoms with E-state index in [-0.39, 0.29) is 35.1 Å². The van der Waals surface area contributed by atoms with Crippen molar-refractivity contribution >= 4 is 5.97 Å². The van der Waals surface area contributed by atoms with Crippen LogP contribution < -0.4 is 0 Å². The summed E-state index contributed by atoms with van der Waals surface area (Å²) in [7, 11) is 0. The van der Waals surface area contributed by atoms with Gasteiger partial charge in [-0.2, -0.15) is 0 Å². The molecule has 4 aliphatic carbocycles. The molecule has 4 heteroatoms. The van der Waals surface area contributed by atoms with E-state index >= 15 is 0 Å². The van der Waals surface area contributed by atoms with Gasteiger partial charge in [0.05, 0.1) is 12.2 Å². The minimum Gasteiger partial charge on any atom is -0.463 e. The van der Waals surface area contributed by atoms with Crippen molar-refractivity contribution in [3.63, 3.8) is 0 Å². The number of hydrogen-bond acceptors (Lipinski definition) is 4. The molecule has 0 aliphatic heterocycles. The van der Waals surface area contributed by atoms with Gasteiger partial charge in [0.25, 0.3) is 0 Å². The molecule has 26 heavy (non-hydrogen) atoms. The molecule has 10 atom stereocenters. The van der Waals surface area contributed by atoms with Crippen LogP contribution in [0.2, 0.25) is 0 Å². The van der Waals surface area contributed by atoms with Crippen molar-refractivity contribution in [3.8, 4) is 0 Å². The standard InChI is InChI=1S/C22H36O4/c1-12-9-17-19-16(6-8-22(17,4)20(12)25)21(3)7-5-15(26-13(2)23)10-14(21)11-18(19)24/h12,14-20,24-25H,5-11H2,1-4H3/t12-,14-,15-,16?,17?,18-,19?,20-,21-,22-/m0/s1. The van der Waals surface area contributed by atoms with Gasteiger partial charge in [-0.25, -0.2) is 0 Å². The third kappa shape index (κ3) is 2.58. The van der Waals surface area contributed by atoms with Crippen LogP contribution in [0.15, 0.2) is 0 Å². The van der Waals surface area contributed by atoms with Gasteiger partial charge in [-0.1, -0.05) is 20.8 Å². The Bertz CT molecular complexity index is 576. The lowest BCUT2D eigenvalue weighted by Crippen LogP contribution is -2.59. The molecule has 0 aromatic heterocycles. The van der Waals surface area contributed by atoms with Gasteiger partial charge in [0.1, 0.15) is 6.10 Å². The highest BCUT2D eigenvalue weighted by Crippen LogP contribution is 2.67. The van der Waals surface area contributed by atoms with Gasteiger partial charge in [0, 0.05) is 6.92 Å². The van der Waals surface area contributed by atoms with Gasteiger partial charge >= 0.3 is 5.97 Å². The smallest absolute Gasteiger partial charge is 0.302 e. The Morgan fingerprint density at radius 2 is 1.69 bits per heavy atom. The fourth-order valence-electron chi connectivity index (χ4n) is 7.87. The summed E-state index contributed by atoms with van der Waals surface area (Å²) in [4.78, 5) is 11.4. The van der Waals surface area contributed by atoms with Gasteiger partial charge in [0.2, 0.25) is 0 Å². The molecule has 4 saturated carbocycles. The Balaban J connectivity index is 1.59. The number of rotatable bonds is 1. The van der Waals surface area contributed by atoms with Gasteiger partial charge in [-0.3, -0.25) is 4.79 Å². The van der Waals surface area contributed by atoms with Crippen LogP contribution in [0.5, 0.6) is 0 Å². The van der Waals surface area contributed by atoms with Crippen LogP contribution in [-0.2, 0) is 9.53 Å². The zero-order valence-electron chi connectivity index (χ0n) is 16.8. The second-order valence-electron chi connectivity index (χ2n) is 10.5. The van der Waals surface area contributed by atoms with Gasteiger partial charge in [0.15, 0.2) is 0 Å². The largest absolute Gasteiger partial charge is 0.463 e. The molecule has 0 aromatic carbocycles. The first-order valence-electron chi connectivity index (χ1n) is 10.7. The topological polar surface area (TPSA) is 66.8 Å². The van der Waals surface area contributed by atoms with Crippen molar-refractivity contribution in [2.45, 2.75) is 91.0 Å². The molecule has 0 radical (unpaired) electrons. The lowest BCUT2D eigenvalue weighted by atomic mass is 9.44. The Labute approximate surface area is 157 Å². The summed E-state index contributed by atoms with van der Waals surface area (Å²) < 4.78 is 5.52. The van der Waals surface area contributed by atoms with E-state index in [0.29, 0.717) is 29.6 Å². The number of ether oxygens (including phenoxy) is 1. The van der Waals surface area contributed by atoms with E-state index in [1.54, 1.807) is 0 Å². The van der Waals surface area contributed by atoms with Crippen molar-refractivity contribution in [1.82, 2.24) is 0 Å². The van der Waals surface area contributed by atoms with Crippen molar-refractivity contribution in [3.05, 3.63) is 0 Å².